The van der Waals surface area contributed by atoms with Crippen LogP contribution in [0.15, 0.2) is 36.4 Å². The summed E-state index contributed by atoms with van der Waals surface area (Å²) in [7, 11) is 7.38. The summed E-state index contributed by atoms with van der Waals surface area (Å²) in [5, 5.41) is 0.643. The predicted octanol–water partition coefficient (Wildman–Crippen LogP) is 2.41. The molecule has 1 amide bonds. The highest BCUT2D eigenvalue weighted by Gasteiger charge is 2.24. The van der Waals surface area contributed by atoms with Crippen molar-refractivity contribution in [2.75, 3.05) is 46.3 Å². The normalized spacial score (nSPS) is 11.1. The molecule has 0 saturated carbocycles. The fourth-order valence-corrected chi connectivity index (χ4v) is 3.96. The van der Waals surface area contributed by atoms with E-state index in [1.807, 2.05) is 43.3 Å². The van der Waals surface area contributed by atoms with E-state index in [1.165, 1.54) is 16.2 Å². The molecule has 6 nitrogen and oxygen atoms in total. The Balaban J connectivity index is 2.06. The van der Waals surface area contributed by atoms with Gasteiger partial charge in [-0.2, -0.15) is 0 Å². The maximum Gasteiger partial charge on any atom is 0.260 e. The van der Waals surface area contributed by atoms with Gasteiger partial charge in [0.2, 0.25) is 0 Å². The standard InChI is InChI=1S/C21H25N3O3S/c1-14-6-8-15(9-7-14)20(25)24(13-12-23(2)3)21-22-18-16(26-4)10-11-17(27-5)19(18)28-21/h6-11H,12-13H2,1-5H3/p+1. The number of anilines is 1. The number of hydrogen-bond donors (Lipinski definition) is 1. The summed E-state index contributed by atoms with van der Waals surface area (Å²) in [6, 6.07) is 11.3. The third-order valence-electron chi connectivity index (χ3n) is 4.51. The van der Waals surface area contributed by atoms with Gasteiger partial charge in [-0.25, -0.2) is 4.98 Å². The van der Waals surface area contributed by atoms with Gasteiger partial charge in [-0.3, -0.25) is 9.69 Å². The molecule has 1 heterocycles. The van der Waals surface area contributed by atoms with E-state index in [0.29, 0.717) is 28.5 Å². The van der Waals surface area contributed by atoms with Gasteiger partial charge in [0.25, 0.3) is 5.91 Å². The quantitative estimate of drug-likeness (QED) is 0.662. The minimum atomic E-state index is -0.0572. The average molecular weight is 401 g/mol. The number of thiazole rings is 1. The molecule has 3 aromatic rings. The van der Waals surface area contributed by atoms with Gasteiger partial charge in [0.05, 0.1) is 41.4 Å². The molecule has 0 spiro atoms. The van der Waals surface area contributed by atoms with Crippen LogP contribution in [0.2, 0.25) is 0 Å². The smallest absolute Gasteiger partial charge is 0.260 e. The van der Waals surface area contributed by atoms with E-state index in [9.17, 15) is 4.79 Å². The first kappa shape index (κ1) is 20.1. The molecule has 0 fully saturated rings. The number of methoxy groups -OCH3 is 2. The molecular weight excluding hydrogens is 374 g/mol. The zero-order valence-electron chi connectivity index (χ0n) is 16.9. The third kappa shape index (κ3) is 4.10. The Hall–Kier alpha value is -2.64. The van der Waals surface area contributed by atoms with E-state index >= 15 is 0 Å². The van der Waals surface area contributed by atoms with E-state index in [0.717, 1.165) is 22.6 Å². The fourth-order valence-electron chi connectivity index (χ4n) is 2.86. The van der Waals surface area contributed by atoms with Crippen molar-refractivity contribution in [3.05, 3.63) is 47.5 Å². The molecule has 0 bridgehead atoms. The number of amides is 1. The average Bonchev–Trinajstić information content (AvgIpc) is 3.12. The largest absolute Gasteiger partial charge is 0.495 e. The fraction of sp³-hybridized carbons (Fsp3) is 0.333. The molecule has 0 aliphatic heterocycles. The van der Waals surface area contributed by atoms with Crippen LogP contribution >= 0.6 is 11.3 Å². The van der Waals surface area contributed by atoms with Crippen LogP contribution in [0.5, 0.6) is 11.5 Å². The van der Waals surface area contributed by atoms with Crippen molar-refractivity contribution < 1.29 is 19.2 Å². The lowest BCUT2D eigenvalue weighted by Gasteiger charge is -2.20. The number of aromatic nitrogens is 1. The van der Waals surface area contributed by atoms with Gasteiger partial charge in [0.1, 0.15) is 21.7 Å². The summed E-state index contributed by atoms with van der Waals surface area (Å²) < 4.78 is 11.8. The molecule has 3 rings (SSSR count). The van der Waals surface area contributed by atoms with Crippen LogP contribution < -0.4 is 19.3 Å². The van der Waals surface area contributed by atoms with E-state index in [2.05, 4.69) is 14.1 Å². The number of nitrogens with zero attached hydrogens (tertiary/aromatic N) is 2. The minimum absolute atomic E-state index is 0.0572. The van der Waals surface area contributed by atoms with E-state index in [-0.39, 0.29) is 5.91 Å². The van der Waals surface area contributed by atoms with E-state index in [1.54, 1.807) is 19.1 Å². The Bertz CT molecular complexity index is 926. The maximum atomic E-state index is 13.3. The third-order valence-corrected chi connectivity index (χ3v) is 5.60. The maximum absolute atomic E-state index is 13.3. The van der Waals surface area contributed by atoms with Gasteiger partial charge in [0, 0.05) is 5.56 Å². The van der Waals surface area contributed by atoms with Crippen LogP contribution in [0.4, 0.5) is 5.13 Å². The first-order valence-corrected chi connectivity index (χ1v) is 9.95. The number of quaternary nitrogens is 1. The predicted molar refractivity (Wildman–Crippen MR) is 113 cm³/mol. The molecule has 148 valence electrons. The van der Waals surface area contributed by atoms with Crippen molar-refractivity contribution >= 4 is 32.6 Å². The number of nitrogens with one attached hydrogen (secondary N) is 1. The lowest BCUT2D eigenvalue weighted by Crippen LogP contribution is -3.06. The van der Waals surface area contributed by atoms with E-state index in [4.69, 9.17) is 14.5 Å². The molecule has 1 aromatic heterocycles. The van der Waals surface area contributed by atoms with Gasteiger partial charge >= 0.3 is 0 Å². The second-order valence-electron chi connectivity index (χ2n) is 6.92. The number of likely N-dealkylation sites (N-methyl/N-ethyl adjacent to an activating group) is 1. The Morgan fingerprint density at radius 3 is 2.32 bits per heavy atom. The highest BCUT2D eigenvalue weighted by molar-refractivity contribution is 7.22. The summed E-state index contributed by atoms with van der Waals surface area (Å²) in [6.07, 6.45) is 0. The summed E-state index contributed by atoms with van der Waals surface area (Å²) in [5.74, 6) is 1.33. The topological polar surface area (TPSA) is 56.1 Å². The molecule has 1 N–H and O–H groups in total. The number of carbonyl (C=O) groups excluding carboxylic acids is 1. The van der Waals surface area contributed by atoms with Crippen molar-refractivity contribution in [2.45, 2.75) is 6.92 Å². The van der Waals surface area contributed by atoms with Gasteiger partial charge < -0.3 is 14.4 Å². The monoisotopic (exact) mass is 400 g/mol. The molecule has 0 aliphatic carbocycles. The summed E-state index contributed by atoms with van der Waals surface area (Å²) in [5.41, 5.74) is 2.48. The van der Waals surface area contributed by atoms with Crippen LogP contribution in [-0.2, 0) is 0 Å². The Morgan fingerprint density at radius 2 is 1.71 bits per heavy atom. The van der Waals surface area contributed by atoms with Crippen LogP contribution in [0.1, 0.15) is 15.9 Å². The first-order valence-electron chi connectivity index (χ1n) is 9.13. The highest BCUT2D eigenvalue weighted by Crippen LogP contribution is 2.40. The number of aryl methyl sites for hydroxylation is 1. The number of ether oxygens (including phenoxy) is 2. The number of carbonyl (C=O) groups is 1. The Labute approximate surface area is 169 Å². The van der Waals surface area contributed by atoms with Crippen molar-refractivity contribution in [3.8, 4) is 11.5 Å². The molecule has 0 unspecified atom stereocenters. The zero-order valence-corrected chi connectivity index (χ0v) is 17.7. The second-order valence-corrected chi connectivity index (χ2v) is 7.90. The number of fused-ring (bicyclic) bond motifs is 1. The van der Waals surface area contributed by atoms with Crippen LogP contribution in [0.3, 0.4) is 0 Å². The lowest BCUT2D eigenvalue weighted by molar-refractivity contribution is -0.856. The Kier molecular flexibility index (Phi) is 6.16. The summed E-state index contributed by atoms with van der Waals surface area (Å²) in [4.78, 5) is 21.0. The number of hydrogen-bond acceptors (Lipinski definition) is 5. The summed E-state index contributed by atoms with van der Waals surface area (Å²) >= 11 is 1.44. The molecule has 28 heavy (non-hydrogen) atoms. The second kappa shape index (κ2) is 8.58. The molecular formula is C21H26N3O3S+. The molecule has 7 heteroatoms. The van der Waals surface area contributed by atoms with Crippen LogP contribution in [-0.4, -0.2) is 52.3 Å². The van der Waals surface area contributed by atoms with Crippen molar-refractivity contribution in [1.29, 1.82) is 0 Å². The van der Waals surface area contributed by atoms with E-state index < -0.39 is 0 Å². The van der Waals surface area contributed by atoms with Crippen LogP contribution in [0.25, 0.3) is 10.2 Å². The first-order chi connectivity index (χ1) is 13.4. The van der Waals surface area contributed by atoms with Gasteiger partial charge in [-0.15, -0.1) is 0 Å². The zero-order chi connectivity index (χ0) is 20.3. The summed E-state index contributed by atoms with van der Waals surface area (Å²) in [6.45, 7) is 3.38. The van der Waals surface area contributed by atoms with Crippen molar-refractivity contribution in [3.63, 3.8) is 0 Å². The molecule has 2 aromatic carbocycles. The lowest BCUT2D eigenvalue weighted by atomic mass is 10.1. The van der Waals surface area contributed by atoms with Gasteiger partial charge in [-0.05, 0) is 31.2 Å². The van der Waals surface area contributed by atoms with Gasteiger partial charge in [0.15, 0.2) is 5.13 Å². The van der Waals surface area contributed by atoms with Crippen molar-refractivity contribution in [2.24, 2.45) is 0 Å². The molecule has 0 aliphatic rings. The highest BCUT2D eigenvalue weighted by atomic mass is 32.1. The molecule has 0 atom stereocenters. The number of rotatable bonds is 7. The molecule has 0 radical (unpaired) electrons. The number of benzene rings is 2. The Morgan fingerprint density at radius 1 is 1.07 bits per heavy atom. The van der Waals surface area contributed by atoms with Crippen molar-refractivity contribution in [1.82, 2.24) is 4.98 Å². The molecule has 0 saturated heterocycles. The van der Waals surface area contributed by atoms with Gasteiger partial charge in [-0.1, -0.05) is 29.0 Å². The SMILES string of the molecule is COc1ccc(OC)c2sc(N(CC[NH+](C)C)C(=O)c3ccc(C)cc3)nc12. The minimum Gasteiger partial charge on any atom is -0.495 e. The van der Waals surface area contributed by atoms with Crippen LogP contribution in [0, 0.1) is 6.92 Å².